The van der Waals surface area contributed by atoms with E-state index in [0.717, 1.165) is 45.1 Å². The van der Waals surface area contributed by atoms with Gasteiger partial charge in [-0.2, -0.15) is 0 Å². The predicted molar refractivity (Wildman–Crippen MR) is 92.6 cm³/mol. The van der Waals surface area contributed by atoms with E-state index in [0.29, 0.717) is 19.1 Å². The van der Waals surface area contributed by atoms with Gasteiger partial charge in [0, 0.05) is 31.9 Å². The Balaban J connectivity index is 1.46. The number of ether oxygens (including phenoxy) is 1. The second kappa shape index (κ2) is 9.11. The van der Waals surface area contributed by atoms with Crippen LogP contribution in [0.25, 0.3) is 0 Å². The second-order valence-corrected chi connectivity index (χ2v) is 6.63. The molecule has 1 aromatic rings. The third kappa shape index (κ3) is 5.26. The number of carbonyl (C=O) groups is 1. The fraction of sp³-hybridized carbons (Fsp3) is 0.667. The Hall–Kier alpha value is -1.50. The highest BCUT2D eigenvalue weighted by Crippen LogP contribution is 2.18. The Morgan fingerprint density at radius 1 is 1.25 bits per heavy atom. The molecular weight excluding hydrogens is 304 g/mol. The molecule has 2 aliphatic heterocycles. The lowest BCUT2D eigenvalue weighted by Gasteiger charge is -2.39. The molecule has 0 aromatic carbocycles. The highest BCUT2D eigenvalue weighted by Gasteiger charge is 2.26. The quantitative estimate of drug-likeness (QED) is 0.838. The fourth-order valence-electron chi connectivity index (χ4n) is 3.49. The summed E-state index contributed by atoms with van der Waals surface area (Å²) in [4.78, 5) is 21.4. The van der Waals surface area contributed by atoms with Crippen molar-refractivity contribution in [1.29, 1.82) is 0 Å². The zero-order valence-electron chi connectivity index (χ0n) is 14.3. The molecule has 0 aliphatic carbocycles. The molecule has 2 fully saturated rings. The number of aromatic nitrogens is 1. The van der Waals surface area contributed by atoms with Gasteiger partial charge in [-0.25, -0.2) is 0 Å². The summed E-state index contributed by atoms with van der Waals surface area (Å²) in [5.74, 6) is 0.0922. The maximum Gasteiger partial charge on any atom is 0.234 e. The smallest absolute Gasteiger partial charge is 0.234 e. The summed E-state index contributed by atoms with van der Waals surface area (Å²) in [6.45, 7) is 6.74. The van der Waals surface area contributed by atoms with Crippen molar-refractivity contribution >= 4 is 5.91 Å². The van der Waals surface area contributed by atoms with Crippen molar-refractivity contribution in [2.24, 2.45) is 0 Å². The number of nitrogens with zero attached hydrogens (tertiary/aromatic N) is 3. The number of carbonyl (C=O) groups excluding carboxylic acids is 1. The maximum atomic E-state index is 12.3. The van der Waals surface area contributed by atoms with Gasteiger partial charge in [-0.05, 0) is 31.5 Å². The molecule has 0 saturated carbocycles. The van der Waals surface area contributed by atoms with E-state index in [-0.39, 0.29) is 5.91 Å². The van der Waals surface area contributed by atoms with Gasteiger partial charge in [-0.15, -0.1) is 0 Å². The maximum absolute atomic E-state index is 12.3. The number of piperidine rings is 1. The molecule has 0 radical (unpaired) electrons. The van der Waals surface area contributed by atoms with Crippen molar-refractivity contribution in [1.82, 2.24) is 20.1 Å². The number of amides is 1. The molecule has 1 atom stereocenters. The largest absolute Gasteiger partial charge is 0.379 e. The summed E-state index contributed by atoms with van der Waals surface area (Å²) >= 11 is 0. The Morgan fingerprint density at radius 3 is 2.92 bits per heavy atom. The molecule has 0 spiro atoms. The molecule has 0 bridgehead atoms. The Morgan fingerprint density at radius 2 is 2.12 bits per heavy atom. The SMILES string of the molecule is O=C(CN1CCCC[C@@H]1CN1CCOCC1)NCc1ccccn1. The minimum absolute atomic E-state index is 0.0922. The van der Waals surface area contributed by atoms with Crippen LogP contribution >= 0.6 is 0 Å². The van der Waals surface area contributed by atoms with Crippen LogP contribution in [0.2, 0.25) is 0 Å². The number of hydrogen-bond acceptors (Lipinski definition) is 5. The summed E-state index contributed by atoms with van der Waals surface area (Å²) in [6.07, 6.45) is 5.39. The highest BCUT2D eigenvalue weighted by atomic mass is 16.5. The average Bonchev–Trinajstić information content (AvgIpc) is 2.63. The average molecular weight is 332 g/mol. The van der Waals surface area contributed by atoms with Crippen LogP contribution < -0.4 is 5.32 Å². The van der Waals surface area contributed by atoms with Crippen molar-refractivity contribution in [3.8, 4) is 0 Å². The van der Waals surface area contributed by atoms with Crippen LogP contribution in [0.1, 0.15) is 25.0 Å². The minimum atomic E-state index is 0.0922. The first-order chi connectivity index (χ1) is 11.8. The number of likely N-dealkylation sites (tertiary alicyclic amines) is 1. The molecule has 6 heteroatoms. The van der Waals surface area contributed by atoms with E-state index >= 15 is 0 Å². The van der Waals surface area contributed by atoms with Gasteiger partial charge in [0.25, 0.3) is 0 Å². The van der Waals surface area contributed by atoms with Crippen LogP contribution in [0.5, 0.6) is 0 Å². The van der Waals surface area contributed by atoms with Crippen molar-refractivity contribution in [3.63, 3.8) is 0 Å². The molecule has 24 heavy (non-hydrogen) atoms. The molecule has 2 saturated heterocycles. The van der Waals surface area contributed by atoms with Gasteiger partial charge >= 0.3 is 0 Å². The van der Waals surface area contributed by atoms with Crippen molar-refractivity contribution < 1.29 is 9.53 Å². The van der Waals surface area contributed by atoms with Gasteiger partial charge in [0.2, 0.25) is 5.91 Å². The lowest BCUT2D eigenvalue weighted by atomic mass is 10.0. The summed E-state index contributed by atoms with van der Waals surface area (Å²) in [7, 11) is 0. The fourth-order valence-corrected chi connectivity index (χ4v) is 3.49. The molecule has 1 amide bonds. The minimum Gasteiger partial charge on any atom is -0.379 e. The van der Waals surface area contributed by atoms with E-state index < -0.39 is 0 Å². The molecule has 0 unspecified atom stereocenters. The van der Waals surface area contributed by atoms with Crippen LogP contribution in [-0.2, 0) is 16.1 Å². The number of nitrogens with one attached hydrogen (secondary N) is 1. The molecule has 2 aliphatic rings. The third-order valence-electron chi connectivity index (χ3n) is 4.86. The summed E-state index contributed by atoms with van der Waals surface area (Å²) in [5.41, 5.74) is 0.898. The first-order valence-electron chi connectivity index (χ1n) is 9.02. The van der Waals surface area contributed by atoms with Crippen LogP contribution in [0, 0.1) is 0 Å². The molecule has 132 valence electrons. The van der Waals surface area contributed by atoms with E-state index in [9.17, 15) is 4.79 Å². The van der Waals surface area contributed by atoms with Crippen molar-refractivity contribution in [2.45, 2.75) is 31.8 Å². The summed E-state index contributed by atoms with van der Waals surface area (Å²) in [5, 5.41) is 2.99. The van der Waals surface area contributed by atoms with Crippen molar-refractivity contribution in [3.05, 3.63) is 30.1 Å². The van der Waals surface area contributed by atoms with Gasteiger partial charge in [0.15, 0.2) is 0 Å². The van der Waals surface area contributed by atoms with E-state index in [1.54, 1.807) is 6.20 Å². The number of pyridine rings is 1. The molecule has 3 rings (SSSR count). The van der Waals surface area contributed by atoms with Gasteiger partial charge in [-0.3, -0.25) is 19.6 Å². The zero-order chi connectivity index (χ0) is 16.6. The summed E-state index contributed by atoms with van der Waals surface area (Å²) in [6, 6.07) is 6.24. The summed E-state index contributed by atoms with van der Waals surface area (Å²) < 4.78 is 5.43. The van der Waals surface area contributed by atoms with Crippen LogP contribution in [0.15, 0.2) is 24.4 Å². The molecule has 6 nitrogen and oxygen atoms in total. The van der Waals surface area contributed by atoms with Gasteiger partial charge in [-0.1, -0.05) is 12.5 Å². The first-order valence-corrected chi connectivity index (χ1v) is 9.02. The van der Waals surface area contributed by atoms with E-state index in [4.69, 9.17) is 4.74 Å². The predicted octanol–water partition coefficient (Wildman–Crippen LogP) is 0.885. The second-order valence-electron chi connectivity index (χ2n) is 6.63. The van der Waals surface area contributed by atoms with Gasteiger partial charge in [0.1, 0.15) is 0 Å². The normalized spacial score (nSPS) is 23.1. The van der Waals surface area contributed by atoms with Crippen LogP contribution in [0.4, 0.5) is 0 Å². The Labute approximate surface area is 144 Å². The van der Waals surface area contributed by atoms with Crippen LogP contribution in [-0.4, -0.2) is 72.7 Å². The zero-order valence-corrected chi connectivity index (χ0v) is 14.3. The molecule has 1 N–H and O–H groups in total. The van der Waals surface area contributed by atoms with E-state index in [1.165, 1.54) is 19.3 Å². The standard InChI is InChI=1S/C18H28N4O2/c23-18(20-13-16-5-1-3-7-19-16)15-22-8-4-2-6-17(22)14-21-9-11-24-12-10-21/h1,3,5,7,17H,2,4,6,8-15H2,(H,20,23)/t17-/m1/s1. The first kappa shape index (κ1) is 17.3. The van der Waals surface area contributed by atoms with Gasteiger partial charge in [0.05, 0.1) is 32.0 Å². The highest BCUT2D eigenvalue weighted by molar-refractivity contribution is 5.78. The van der Waals surface area contributed by atoms with Gasteiger partial charge < -0.3 is 10.1 Å². The number of rotatable bonds is 6. The lowest BCUT2D eigenvalue weighted by Crippen LogP contribution is -2.51. The molecule has 1 aromatic heterocycles. The van der Waals surface area contributed by atoms with Crippen molar-refractivity contribution in [2.75, 3.05) is 45.9 Å². The monoisotopic (exact) mass is 332 g/mol. The van der Waals surface area contributed by atoms with Crippen LogP contribution in [0.3, 0.4) is 0 Å². The van der Waals surface area contributed by atoms with E-state index in [1.807, 2.05) is 18.2 Å². The van der Waals surface area contributed by atoms with E-state index in [2.05, 4.69) is 20.1 Å². The molecular formula is C18H28N4O2. The number of hydrogen-bond donors (Lipinski definition) is 1. The Kier molecular flexibility index (Phi) is 6.57. The number of morpholine rings is 1. The Bertz CT molecular complexity index is 505. The topological polar surface area (TPSA) is 57.7 Å². The third-order valence-corrected chi connectivity index (χ3v) is 4.86. The lowest BCUT2D eigenvalue weighted by molar-refractivity contribution is -0.123. The molecule has 3 heterocycles.